The van der Waals surface area contributed by atoms with Crippen molar-refractivity contribution in [2.45, 2.75) is 174 Å². The number of amidine groups is 1. The summed E-state index contributed by atoms with van der Waals surface area (Å²) in [5.74, 6) is -1.60. The third kappa shape index (κ3) is 23.4. The number of aliphatic imine (C=N–C) groups is 1. The van der Waals surface area contributed by atoms with E-state index in [0.29, 0.717) is 50.8 Å². The van der Waals surface area contributed by atoms with E-state index in [1.165, 1.54) is 21.6 Å². The maximum absolute atomic E-state index is 14.4. The third-order valence-corrected chi connectivity index (χ3v) is 17.5. The normalized spacial score (nSPS) is 19.5. The number of methoxy groups -OCH3 is 2. The molecule has 11 atom stereocenters. The van der Waals surface area contributed by atoms with Crippen molar-refractivity contribution < 1.29 is 62.4 Å². The number of nitrogens with one attached hydrogen (secondary N) is 1. The van der Waals surface area contributed by atoms with Gasteiger partial charge in [0.2, 0.25) is 23.6 Å². The first-order chi connectivity index (χ1) is 38.6. The third-order valence-electron chi connectivity index (χ3n) is 16.2. The van der Waals surface area contributed by atoms with Gasteiger partial charge in [-0.05, 0) is 67.2 Å². The number of ether oxygens (including phenoxy) is 5. The molecule has 1 aromatic carbocycles. The maximum atomic E-state index is 14.4. The summed E-state index contributed by atoms with van der Waals surface area (Å²) in [6.07, 6.45) is 3.68. The number of amides is 4. The molecule has 2 unspecified atom stereocenters. The van der Waals surface area contributed by atoms with Gasteiger partial charge in [-0.3, -0.25) is 48.4 Å². The summed E-state index contributed by atoms with van der Waals surface area (Å²) in [6.45, 7) is 18.7. The Morgan fingerprint density at radius 3 is 2.09 bits per heavy atom. The smallest absolute Gasteiger partial charge is 0.242 e. The molecule has 1 aromatic rings. The number of likely N-dealkylation sites (tertiary alicyclic amines) is 2. The summed E-state index contributed by atoms with van der Waals surface area (Å²) in [5.41, 5.74) is 6.51. The Morgan fingerprint density at radius 2 is 1.48 bits per heavy atom. The lowest BCUT2D eigenvalue weighted by Crippen LogP contribution is -2.56. The molecule has 0 aliphatic carbocycles. The molecule has 460 valence electrons. The quantitative estimate of drug-likeness (QED) is 0.0273. The van der Waals surface area contributed by atoms with Gasteiger partial charge in [0.1, 0.15) is 11.6 Å². The second-order valence-corrected chi connectivity index (χ2v) is 24.2. The number of rotatable bonds is 43. The van der Waals surface area contributed by atoms with Gasteiger partial charge >= 0.3 is 0 Å². The fraction of sp³-hybridized carbons (Fsp3) is 0.770. The van der Waals surface area contributed by atoms with Crippen molar-refractivity contribution in [1.82, 2.24) is 20.0 Å². The molecule has 0 spiro atoms. The average Bonchev–Trinajstić information content (AvgIpc) is 4.01. The largest absolute Gasteiger partial charge is 0.388 e. The predicted molar refractivity (Wildman–Crippen MR) is 317 cm³/mol. The summed E-state index contributed by atoms with van der Waals surface area (Å²) >= 11 is 1.44. The van der Waals surface area contributed by atoms with E-state index in [1.54, 1.807) is 28.3 Å². The van der Waals surface area contributed by atoms with E-state index in [-0.39, 0.29) is 148 Å². The average molecular weight is 1160 g/mol. The topological polar surface area (TPSA) is 246 Å². The monoisotopic (exact) mass is 1160 g/mol. The highest BCUT2D eigenvalue weighted by Gasteiger charge is 2.42. The van der Waals surface area contributed by atoms with Crippen LogP contribution in [0.1, 0.15) is 144 Å². The Balaban J connectivity index is 1.41. The number of aliphatic hydroxyl groups is 1. The van der Waals surface area contributed by atoms with Crippen LogP contribution >= 0.6 is 11.8 Å². The lowest BCUT2D eigenvalue weighted by Gasteiger charge is -2.39. The first-order valence-electron chi connectivity index (χ1n) is 29.7. The molecule has 0 radical (unpaired) electrons. The van der Waals surface area contributed by atoms with Crippen LogP contribution in [0, 0.1) is 35.5 Å². The fourth-order valence-corrected chi connectivity index (χ4v) is 12.1. The molecular formula is C61H102N6O13S. The molecule has 0 saturated carbocycles. The molecule has 19 nitrogen and oxygen atoms in total. The molecule has 2 heterocycles. The Labute approximate surface area is 488 Å². The zero-order valence-electron chi connectivity index (χ0n) is 51.1. The molecule has 2 aliphatic rings. The second kappa shape index (κ2) is 37.9. The molecule has 81 heavy (non-hydrogen) atoms. The first-order valence-corrected chi connectivity index (χ1v) is 30.7. The van der Waals surface area contributed by atoms with Gasteiger partial charge in [0, 0.05) is 104 Å². The van der Waals surface area contributed by atoms with Crippen LogP contribution in [-0.4, -0.2) is 196 Å². The number of likely N-dealkylation sites (N-methyl/N-ethyl adjacent to an activating group) is 1. The van der Waals surface area contributed by atoms with Gasteiger partial charge in [-0.2, -0.15) is 0 Å². The number of carbonyl (C=O) groups is 7. The highest BCUT2D eigenvalue weighted by Crippen LogP contribution is 2.32. The minimum absolute atomic E-state index is 0.0284. The van der Waals surface area contributed by atoms with Crippen molar-refractivity contribution in [3.8, 4) is 0 Å². The van der Waals surface area contributed by atoms with E-state index < -0.39 is 35.3 Å². The molecule has 4 N–H and O–H groups in total. The summed E-state index contributed by atoms with van der Waals surface area (Å²) in [6, 6.07) is 8.21. The molecule has 2 fully saturated rings. The van der Waals surface area contributed by atoms with Gasteiger partial charge < -0.3 is 44.7 Å². The van der Waals surface area contributed by atoms with Crippen LogP contribution in [0.25, 0.3) is 0 Å². The Kier molecular flexibility index (Phi) is 33.3. The second-order valence-electron chi connectivity index (χ2n) is 22.9. The van der Waals surface area contributed by atoms with E-state index in [0.717, 1.165) is 37.8 Å². The number of ketones is 3. The first kappa shape index (κ1) is 71.1. The van der Waals surface area contributed by atoms with Crippen molar-refractivity contribution >= 4 is 58.6 Å². The molecule has 0 bridgehead atoms. The van der Waals surface area contributed by atoms with Crippen LogP contribution in [0.3, 0.4) is 0 Å². The number of thioether (sulfide) groups is 1. The van der Waals surface area contributed by atoms with Gasteiger partial charge in [0.25, 0.3) is 0 Å². The zero-order chi connectivity index (χ0) is 60.2. The van der Waals surface area contributed by atoms with Gasteiger partial charge in [-0.25, -0.2) is 0 Å². The van der Waals surface area contributed by atoms with Crippen LogP contribution in [0.2, 0.25) is 0 Å². The molecular weight excluding hydrogens is 1060 g/mol. The number of Topliss-reactive ketones (excluding diaryl/α,β-unsaturated/α-hetero) is 3. The number of hydrogen-bond donors (Lipinski definition) is 3. The number of carbonyl (C=O) groups excluding carboxylic acids is 7. The number of nitrogens with two attached hydrogens (primary N) is 1. The van der Waals surface area contributed by atoms with Crippen LogP contribution in [0.4, 0.5) is 0 Å². The van der Waals surface area contributed by atoms with Crippen molar-refractivity contribution in [3.63, 3.8) is 0 Å². The van der Waals surface area contributed by atoms with Gasteiger partial charge in [-0.15, -0.1) is 11.8 Å². The summed E-state index contributed by atoms with van der Waals surface area (Å²) in [7, 11) is 6.57. The lowest BCUT2D eigenvalue weighted by molar-refractivity contribution is -0.142. The van der Waals surface area contributed by atoms with Gasteiger partial charge in [0.15, 0.2) is 5.78 Å². The van der Waals surface area contributed by atoms with Crippen molar-refractivity contribution in [1.29, 1.82) is 0 Å². The van der Waals surface area contributed by atoms with E-state index >= 15 is 0 Å². The van der Waals surface area contributed by atoms with Crippen LogP contribution in [0.15, 0.2) is 35.3 Å². The fourth-order valence-electron chi connectivity index (χ4n) is 11.0. The molecule has 4 amide bonds. The summed E-state index contributed by atoms with van der Waals surface area (Å²) in [4.78, 5) is 103. The minimum atomic E-state index is -0.759. The molecule has 0 aromatic heterocycles. The predicted octanol–water partition coefficient (Wildman–Crippen LogP) is 6.50. The molecule has 3 rings (SSSR count). The number of benzene rings is 1. The lowest BCUT2D eigenvalue weighted by atomic mass is 9.84. The van der Waals surface area contributed by atoms with Crippen LogP contribution in [-0.2, 0) is 57.2 Å². The van der Waals surface area contributed by atoms with Crippen LogP contribution in [0.5, 0.6) is 0 Å². The maximum Gasteiger partial charge on any atom is 0.242 e. The molecule has 20 heteroatoms. The Morgan fingerprint density at radius 1 is 0.827 bits per heavy atom. The molecule has 2 aliphatic heterocycles. The number of hydrogen-bond acceptors (Lipinski definition) is 16. The zero-order valence-corrected chi connectivity index (χ0v) is 51.9. The highest BCUT2D eigenvalue weighted by molar-refractivity contribution is 8.00. The van der Waals surface area contributed by atoms with E-state index in [4.69, 9.17) is 29.4 Å². The number of aliphatic hydroxyl groups excluding tert-OH is 1. The van der Waals surface area contributed by atoms with Gasteiger partial charge in [0.05, 0.1) is 80.9 Å². The summed E-state index contributed by atoms with van der Waals surface area (Å²) < 4.78 is 29.2. The Bertz CT molecular complexity index is 2120. The van der Waals surface area contributed by atoms with Crippen LogP contribution < -0.4 is 11.1 Å². The van der Waals surface area contributed by atoms with E-state index in [9.17, 15) is 38.7 Å². The van der Waals surface area contributed by atoms with E-state index in [2.05, 4.69) is 29.1 Å². The minimum Gasteiger partial charge on any atom is -0.388 e. The number of imide groups is 1. The SMILES string of the molecule is CC[C@H](C)[C@H](NC(=O)[C@@H](CC(=O)[C@H](C(C)C)N(C)C(=O)CCOCCOCCOCCCC(=O)CCN1C(=O)CC(SCCCC(N)=NC)C1=O)C(C)C)C(CN1CCC[C@H]1[C@H](OC)[C@@H](C)C(=O)C[C@H](C)[C@@H](O)c1ccccc1)OC. The number of nitrogens with zero attached hydrogens (tertiary/aromatic N) is 4. The Hall–Kier alpha value is -4.15. The van der Waals surface area contributed by atoms with E-state index in [1.807, 2.05) is 71.9 Å². The molecule has 2 saturated heterocycles. The summed E-state index contributed by atoms with van der Waals surface area (Å²) in [5, 5.41) is 13.9. The van der Waals surface area contributed by atoms with Crippen molar-refractivity contribution in [2.75, 3.05) is 93.3 Å². The van der Waals surface area contributed by atoms with Gasteiger partial charge in [-0.1, -0.05) is 92.1 Å². The van der Waals surface area contributed by atoms with Crippen molar-refractivity contribution in [2.24, 2.45) is 46.2 Å². The van der Waals surface area contributed by atoms with Crippen molar-refractivity contribution in [3.05, 3.63) is 35.9 Å². The highest BCUT2D eigenvalue weighted by atomic mass is 32.2. The standard InChI is InChI=1S/C61H102N6O13S/c1-13-42(6)56(51(76-11)39-66-27-17-23-48(66)59(77-12)44(8)49(69)36-43(7)58(73)45-20-15-14-16-21-45)64-60(74)47(40(2)3)37-50(70)57(41(4)5)65(10)54(71)26-30-79-32-34-80-33-31-78-29-18-22-46(68)25-28-67-55(72)38-52(61(67)75)81-35-19-24-53(62)63-9/h14-16,20-21,40-44,47-48,51-52,56-59,73H,13,17-19,22-39H2,1-12H3,(H2,62,63)(H,64,74)/t42-,43-,44-,47-,48-,51?,52?,56-,57-,58+,59+/m0/s1.